The predicted octanol–water partition coefficient (Wildman–Crippen LogP) is 1.66. The molecule has 5 heteroatoms. The molecule has 1 saturated carbocycles. The number of carboxylic acid groups (broad SMARTS) is 1. The van der Waals surface area contributed by atoms with Crippen LogP contribution in [0, 0.1) is 5.92 Å². The van der Waals surface area contributed by atoms with Gasteiger partial charge in [-0.15, -0.1) is 0 Å². The van der Waals surface area contributed by atoms with E-state index in [4.69, 9.17) is 5.11 Å². The first-order valence-electron chi connectivity index (χ1n) is 6.18. The fourth-order valence-corrected chi connectivity index (χ4v) is 1.87. The van der Waals surface area contributed by atoms with Gasteiger partial charge in [0.1, 0.15) is 0 Å². The van der Waals surface area contributed by atoms with E-state index in [0.29, 0.717) is 17.0 Å². The molecule has 0 spiro atoms. The molecule has 0 atom stereocenters. The maximum atomic E-state index is 12.3. The molecule has 0 radical (unpaired) electrons. The van der Waals surface area contributed by atoms with Gasteiger partial charge in [-0.3, -0.25) is 9.78 Å². The first-order chi connectivity index (χ1) is 9.08. The number of rotatable bonds is 5. The van der Waals surface area contributed by atoms with Crippen LogP contribution in [0.5, 0.6) is 0 Å². The number of aliphatic carboxylic acids is 1. The van der Waals surface area contributed by atoms with Crippen LogP contribution >= 0.6 is 0 Å². The fourth-order valence-electron chi connectivity index (χ4n) is 1.87. The maximum Gasteiger partial charge on any atom is 0.328 e. The quantitative estimate of drug-likeness (QED) is 0.817. The van der Waals surface area contributed by atoms with E-state index in [1.807, 2.05) is 0 Å². The molecule has 0 aliphatic heterocycles. The van der Waals surface area contributed by atoms with E-state index >= 15 is 0 Å². The summed E-state index contributed by atoms with van der Waals surface area (Å²) in [6, 6.07) is 1.62. The Kier molecular flexibility index (Phi) is 3.94. The van der Waals surface area contributed by atoms with E-state index in [2.05, 4.69) is 4.98 Å². The number of carbonyl (C=O) groups excluding carboxylic acids is 1. The summed E-state index contributed by atoms with van der Waals surface area (Å²) in [6.07, 6.45) is 7.80. The van der Waals surface area contributed by atoms with Crippen molar-refractivity contribution in [2.75, 3.05) is 13.6 Å². The largest absolute Gasteiger partial charge is 0.478 e. The molecule has 100 valence electrons. The smallest absolute Gasteiger partial charge is 0.328 e. The van der Waals surface area contributed by atoms with Crippen LogP contribution in [0.4, 0.5) is 0 Å². The highest BCUT2D eigenvalue weighted by Crippen LogP contribution is 2.29. The van der Waals surface area contributed by atoms with Crippen LogP contribution in [-0.4, -0.2) is 40.5 Å². The summed E-state index contributed by atoms with van der Waals surface area (Å²) in [5, 5.41) is 8.64. The average Bonchev–Trinajstić information content (AvgIpc) is 3.19. The summed E-state index contributed by atoms with van der Waals surface area (Å²) < 4.78 is 0. The van der Waals surface area contributed by atoms with Crippen molar-refractivity contribution in [1.82, 2.24) is 9.88 Å². The average molecular weight is 260 g/mol. The molecule has 1 N–H and O–H groups in total. The minimum absolute atomic E-state index is 0.0978. The van der Waals surface area contributed by atoms with E-state index in [-0.39, 0.29) is 5.91 Å². The van der Waals surface area contributed by atoms with Gasteiger partial charge >= 0.3 is 5.97 Å². The summed E-state index contributed by atoms with van der Waals surface area (Å²) in [4.78, 5) is 28.4. The van der Waals surface area contributed by atoms with Crippen LogP contribution < -0.4 is 0 Å². The van der Waals surface area contributed by atoms with Crippen molar-refractivity contribution in [1.29, 1.82) is 0 Å². The lowest BCUT2D eigenvalue weighted by Crippen LogP contribution is -2.29. The monoisotopic (exact) mass is 260 g/mol. The summed E-state index contributed by atoms with van der Waals surface area (Å²) in [5.41, 5.74) is 1.01. The van der Waals surface area contributed by atoms with Crippen molar-refractivity contribution in [3.05, 3.63) is 35.7 Å². The van der Waals surface area contributed by atoms with Gasteiger partial charge in [0.25, 0.3) is 5.91 Å². The molecule has 1 aromatic rings. The number of amides is 1. The van der Waals surface area contributed by atoms with Crippen molar-refractivity contribution in [2.24, 2.45) is 5.92 Å². The Morgan fingerprint density at radius 2 is 2.26 bits per heavy atom. The predicted molar refractivity (Wildman–Crippen MR) is 70.6 cm³/mol. The molecule has 1 aromatic heterocycles. The van der Waals surface area contributed by atoms with Gasteiger partial charge in [0.2, 0.25) is 0 Å². The number of hydrogen-bond donors (Lipinski definition) is 1. The second kappa shape index (κ2) is 5.65. The molecular formula is C14H16N2O3. The minimum Gasteiger partial charge on any atom is -0.478 e. The highest BCUT2D eigenvalue weighted by atomic mass is 16.4. The number of aromatic nitrogens is 1. The maximum absolute atomic E-state index is 12.3. The summed E-state index contributed by atoms with van der Waals surface area (Å²) >= 11 is 0. The Labute approximate surface area is 111 Å². The lowest BCUT2D eigenvalue weighted by molar-refractivity contribution is -0.131. The van der Waals surface area contributed by atoms with Crippen LogP contribution in [0.1, 0.15) is 28.8 Å². The van der Waals surface area contributed by atoms with E-state index < -0.39 is 5.97 Å². The van der Waals surface area contributed by atoms with Gasteiger partial charge in [0.15, 0.2) is 0 Å². The highest BCUT2D eigenvalue weighted by molar-refractivity contribution is 5.98. The Morgan fingerprint density at radius 3 is 2.89 bits per heavy atom. The molecule has 0 bridgehead atoms. The van der Waals surface area contributed by atoms with Crippen LogP contribution in [0.15, 0.2) is 24.5 Å². The third kappa shape index (κ3) is 3.64. The number of pyridine rings is 1. The Hall–Kier alpha value is -2.17. The van der Waals surface area contributed by atoms with Crippen LogP contribution in [0.25, 0.3) is 6.08 Å². The number of carboxylic acids is 1. The number of hydrogen-bond acceptors (Lipinski definition) is 3. The molecule has 1 heterocycles. The molecule has 0 saturated heterocycles. The molecule has 1 aliphatic carbocycles. The molecule has 0 unspecified atom stereocenters. The lowest BCUT2D eigenvalue weighted by atomic mass is 10.1. The minimum atomic E-state index is -1.05. The summed E-state index contributed by atoms with van der Waals surface area (Å²) in [6.45, 7) is 0.753. The standard InChI is InChI=1S/C14H16N2O3/c1-16(9-10-2-3-10)14(19)12-6-7-15-8-11(12)4-5-13(17)18/h4-8,10H,2-3,9H2,1H3,(H,17,18). The molecule has 2 rings (SSSR count). The Morgan fingerprint density at radius 1 is 1.53 bits per heavy atom. The number of carbonyl (C=O) groups is 2. The van der Waals surface area contributed by atoms with Gasteiger partial charge in [-0.2, -0.15) is 0 Å². The second-order valence-electron chi connectivity index (χ2n) is 4.76. The van der Waals surface area contributed by atoms with Crippen molar-refractivity contribution >= 4 is 18.0 Å². The van der Waals surface area contributed by atoms with Gasteiger partial charge in [-0.1, -0.05) is 0 Å². The molecule has 5 nitrogen and oxygen atoms in total. The van der Waals surface area contributed by atoms with Gasteiger partial charge in [0.05, 0.1) is 0 Å². The normalized spacial score (nSPS) is 14.6. The third-order valence-electron chi connectivity index (χ3n) is 3.06. The molecule has 19 heavy (non-hydrogen) atoms. The SMILES string of the molecule is CN(CC1CC1)C(=O)c1ccncc1C=CC(=O)O. The topological polar surface area (TPSA) is 70.5 Å². The Balaban J connectivity index is 2.17. The summed E-state index contributed by atoms with van der Waals surface area (Å²) in [5.74, 6) is -0.526. The molecule has 1 aliphatic rings. The molecular weight excluding hydrogens is 244 g/mol. The lowest BCUT2D eigenvalue weighted by Gasteiger charge is -2.17. The van der Waals surface area contributed by atoms with Crippen molar-refractivity contribution < 1.29 is 14.7 Å². The summed E-state index contributed by atoms with van der Waals surface area (Å²) in [7, 11) is 1.77. The highest BCUT2D eigenvalue weighted by Gasteiger charge is 2.25. The zero-order valence-electron chi connectivity index (χ0n) is 10.7. The van der Waals surface area contributed by atoms with E-state index in [1.165, 1.54) is 31.3 Å². The van der Waals surface area contributed by atoms with E-state index in [1.54, 1.807) is 18.0 Å². The van der Waals surface area contributed by atoms with Gasteiger partial charge in [0, 0.05) is 43.2 Å². The van der Waals surface area contributed by atoms with Crippen molar-refractivity contribution in [2.45, 2.75) is 12.8 Å². The van der Waals surface area contributed by atoms with Crippen molar-refractivity contribution in [3.63, 3.8) is 0 Å². The van der Waals surface area contributed by atoms with Crippen LogP contribution in [0.2, 0.25) is 0 Å². The zero-order chi connectivity index (χ0) is 13.8. The number of nitrogens with zero attached hydrogens (tertiary/aromatic N) is 2. The van der Waals surface area contributed by atoms with E-state index in [9.17, 15) is 9.59 Å². The van der Waals surface area contributed by atoms with Crippen LogP contribution in [-0.2, 0) is 4.79 Å². The zero-order valence-corrected chi connectivity index (χ0v) is 10.7. The molecule has 0 aromatic carbocycles. The fraction of sp³-hybridized carbons (Fsp3) is 0.357. The molecule has 1 fully saturated rings. The first-order valence-corrected chi connectivity index (χ1v) is 6.18. The van der Waals surface area contributed by atoms with Gasteiger partial charge < -0.3 is 10.0 Å². The first kappa shape index (κ1) is 13.3. The molecule has 1 amide bonds. The second-order valence-corrected chi connectivity index (χ2v) is 4.76. The van der Waals surface area contributed by atoms with E-state index in [0.717, 1.165) is 12.6 Å². The van der Waals surface area contributed by atoms with Crippen LogP contribution in [0.3, 0.4) is 0 Å². The Bertz CT molecular complexity index is 521. The van der Waals surface area contributed by atoms with Gasteiger partial charge in [-0.25, -0.2) is 4.79 Å². The third-order valence-corrected chi connectivity index (χ3v) is 3.06. The van der Waals surface area contributed by atoms with Crippen molar-refractivity contribution in [3.8, 4) is 0 Å². The van der Waals surface area contributed by atoms with Gasteiger partial charge in [-0.05, 0) is 30.9 Å².